The van der Waals surface area contributed by atoms with Gasteiger partial charge in [0, 0.05) is 6.07 Å². The molecule has 13 heavy (non-hydrogen) atoms. The molecule has 0 atom stereocenters. The lowest BCUT2D eigenvalue weighted by Gasteiger charge is -2.05. The Bertz CT molecular complexity index is 452. The molecule has 0 saturated heterocycles. The lowest BCUT2D eigenvalue weighted by Crippen LogP contribution is -1.95. The summed E-state index contributed by atoms with van der Waals surface area (Å²) in [5, 5.41) is 0. The molecule has 0 radical (unpaired) electrons. The first-order valence-corrected chi connectivity index (χ1v) is 4.57. The van der Waals surface area contributed by atoms with Crippen molar-refractivity contribution in [3.63, 3.8) is 0 Å². The normalized spacial score (nSPS) is 10.5. The van der Waals surface area contributed by atoms with Crippen molar-refractivity contribution < 1.29 is 4.74 Å². The predicted molar refractivity (Wildman–Crippen MR) is 55.0 cm³/mol. The molecule has 0 fully saturated rings. The second kappa shape index (κ2) is 2.77. The van der Waals surface area contributed by atoms with Gasteiger partial charge in [0.25, 0.3) is 0 Å². The van der Waals surface area contributed by atoms with Crippen LogP contribution in [0.15, 0.2) is 11.6 Å². The number of benzene rings is 1. The molecule has 4 nitrogen and oxygen atoms in total. The van der Waals surface area contributed by atoms with Crippen LogP contribution in [-0.2, 0) is 0 Å². The molecule has 1 aromatic heterocycles. The van der Waals surface area contributed by atoms with E-state index in [-0.39, 0.29) is 0 Å². The van der Waals surface area contributed by atoms with Crippen LogP contribution in [0.2, 0.25) is 0 Å². The van der Waals surface area contributed by atoms with Crippen molar-refractivity contribution >= 4 is 32.9 Å². The van der Waals surface area contributed by atoms with Crippen molar-refractivity contribution in [1.29, 1.82) is 0 Å². The zero-order valence-electron chi connectivity index (χ0n) is 7.07. The number of nitrogens with two attached hydrogens (primary N) is 2. The van der Waals surface area contributed by atoms with Crippen LogP contribution in [0.25, 0.3) is 10.2 Å². The fourth-order valence-electron chi connectivity index (χ4n) is 1.21. The van der Waals surface area contributed by atoms with Crippen molar-refractivity contribution in [3.8, 4) is 5.75 Å². The molecule has 0 amide bonds. The van der Waals surface area contributed by atoms with Crippen molar-refractivity contribution in [2.45, 2.75) is 0 Å². The van der Waals surface area contributed by atoms with Crippen molar-refractivity contribution in [2.24, 2.45) is 0 Å². The van der Waals surface area contributed by atoms with E-state index in [2.05, 4.69) is 4.98 Å². The van der Waals surface area contributed by atoms with Crippen LogP contribution in [0.1, 0.15) is 0 Å². The summed E-state index contributed by atoms with van der Waals surface area (Å²) in [6.45, 7) is 0. The van der Waals surface area contributed by atoms with E-state index in [9.17, 15) is 0 Å². The monoisotopic (exact) mass is 195 g/mol. The van der Waals surface area contributed by atoms with E-state index in [1.165, 1.54) is 11.3 Å². The second-order valence-corrected chi connectivity index (χ2v) is 3.47. The quantitative estimate of drug-likeness (QED) is 0.676. The van der Waals surface area contributed by atoms with Gasteiger partial charge in [-0.15, -0.1) is 11.3 Å². The van der Waals surface area contributed by atoms with Gasteiger partial charge in [-0.25, -0.2) is 4.98 Å². The third kappa shape index (κ3) is 1.08. The van der Waals surface area contributed by atoms with E-state index in [1.807, 2.05) is 0 Å². The zero-order chi connectivity index (χ0) is 9.42. The molecule has 68 valence electrons. The maximum atomic E-state index is 5.83. The van der Waals surface area contributed by atoms with E-state index in [1.54, 1.807) is 18.7 Å². The van der Waals surface area contributed by atoms with Crippen LogP contribution in [0, 0.1) is 0 Å². The van der Waals surface area contributed by atoms with Gasteiger partial charge < -0.3 is 16.2 Å². The van der Waals surface area contributed by atoms with E-state index in [4.69, 9.17) is 16.2 Å². The molecule has 0 aliphatic rings. The maximum Gasteiger partial charge on any atom is 0.145 e. The molecule has 0 bridgehead atoms. The van der Waals surface area contributed by atoms with Crippen LogP contribution in [0.4, 0.5) is 11.4 Å². The minimum Gasteiger partial charge on any atom is -0.494 e. The van der Waals surface area contributed by atoms with Crippen molar-refractivity contribution in [1.82, 2.24) is 4.98 Å². The molecule has 1 aromatic carbocycles. The highest BCUT2D eigenvalue weighted by Crippen LogP contribution is 2.36. The second-order valence-electron chi connectivity index (χ2n) is 2.61. The highest BCUT2D eigenvalue weighted by Gasteiger charge is 2.10. The predicted octanol–water partition coefficient (Wildman–Crippen LogP) is 1.47. The fourth-order valence-corrected chi connectivity index (χ4v) is 1.98. The number of thiazole rings is 1. The molecule has 0 aliphatic heterocycles. The number of fused-ring (bicyclic) bond motifs is 1. The topological polar surface area (TPSA) is 74.2 Å². The number of nitrogen functional groups attached to an aromatic ring is 2. The van der Waals surface area contributed by atoms with Gasteiger partial charge in [0.2, 0.25) is 0 Å². The lowest BCUT2D eigenvalue weighted by atomic mass is 10.2. The summed E-state index contributed by atoms with van der Waals surface area (Å²) in [6, 6.07) is 1.69. The van der Waals surface area contributed by atoms with Gasteiger partial charge in [-0.2, -0.15) is 0 Å². The summed E-state index contributed by atoms with van der Waals surface area (Å²) in [5.74, 6) is 0.606. The first-order valence-electron chi connectivity index (χ1n) is 3.69. The number of nitrogens with zero attached hydrogens (tertiary/aromatic N) is 1. The summed E-state index contributed by atoms with van der Waals surface area (Å²) in [7, 11) is 1.57. The molecule has 2 rings (SSSR count). The first-order chi connectivity index (χ1) is 6.24. The first kappa shape index (κ1) is 8.12. The number of anilines is 2. The smallest absolute Gasteiger partial charge is 0.145 e. The van der Waals surface area contributed by atoms with Crippen LogP contribution < -0.4 is 16.2 Å². The van der Waals surface area contributed by atoms with Crippen LogP contribution in [0.5, 0.6) is 5.75 Å². The lowest BCUT2D eigenvalue weighted by molar-refractivity contribution is 0.418. The highest BCUT2D eigenvalue weighted by molar-refractivity contribution is 7.17. The number of rotatable bonds is 1. The molecule has 0 unspecified atom stereocenters. The molecule has 0 spiro atoms. The largest absolute Gasteiger partial charge is 0.494 e. The summed E-state index contributed by atoms with van der Waals surface area (Å²) in [6.07, 6.45) is 0. The Morgan fingerprint density at radius 1 is 1.46 bits per heavy atom. The van der Waals surface area contributed by atoms with Gasteiger partial charge in [0.05, 0.1) is 28.7 Å². The highest BCUT2D eigenvalue weighted by atomic mass is 32.1. The molecule has 5 heteroatoms. The Morgan fingerprint density at radius 3 is 2.92 bits per heavy atom. The summed E-state index contributed by atoms with van der Waals surface area (Å²) < 4.78 is 5.96. The van der Waals surface area contributed by atoms with E-state index < -0.39 is 0 Å². The minimum atomic E-state index is 0.599. The Labute approximate surface area is 79.1 Å². The minimum absolute atomic E-state index is 0.599. The van der Waals surface area contributed by atoms with Crippen molar-refractivity contribution in [2.75, 3.05) is 18.6 Å². The van der Waals surface area contributed by atoms with E-state index in [0.29, 0.717) is 17.1 Å². The molecular weight excluding hydrogens is 186 g/mol. The number of aromatic nitrogens is 1. The van der Waals surface area contributed by atoms with Gasteiger partial charge in [-0.1, -0.05) is 0 Å². The number of hydrogen-bond acceptors (Lipinski definition) is 5. The molecule has 2 aromatic rings. The number of methoxy groups -OCH3 is 1. The van der Waals surface area contributed by atoms with Crippen LogP contribution >= 0.6 is 11.3 Å². The SMILES string of the molecule is COc1cc(N)c2ncsc2c1N. The number of hydrogen-bond donors (Lipinski definition) is 2. The average Bonchev–Trinajstić information content (AvgIpc) is 2.60. The molecule has 0 saturated carbocycles. The Hall–Kier alpha value is -1.49. The molecule has 4 N–H and O–H groups in total. The number of ether oxygens (including phenoxy) is 1. The summed E-state index contributed by atoms with van der Waals surface area (Å²) >= 11 is 1.46. The third-order valence-corrected chi connectivity index (χ3v) is 2.72. The summed E-state index contributed by atoms with van der Waals surface area (Å²) in [5.41, 5.74) is 15.3. The van der Waals surface area contributed by atoms with Crippen molar-refractivity contribution in [3.05, 3.63) is 11.6 Å². The zero-order valence-corrected chi connectivity index (χ0v) is 7.89. The average molecular weight is 195 g/mol. The van der Waals surface area contributed by atoms with Crippen LogP contribution in [-0.4, -0.2) is 12.1 Å². The Morgan fingerprint density at radius 2 is 2.23 bits per heavy atom. The van der Waals surface area contributed by atoms with Gasteiger partial charge in [0.15, 0.2) is 0 Å². The Balaban J connectivity index is 2.85. The van der Waals surface area contributed by atoms with Gasteiger partial charge in [0.1, 0.15) is 11.3 Å². The van der Waals surface area contributed by atoms with Gasteiger partial charge in [-0.3, -0.25) is 0 Å². The third-order valence-electron chi connectivity index (χ3n) is 1.86. The summed E-state index contributed by atoms with van der Waals surface area (Å²) in [4.78, 5) is 4.11. The maximum absolute atomic E-state index is 5.83. The van der Waals surface area contributed by atoms with Crippen LogP contribution in [0.3, 0.4) is 0 Å². The molecule has 1 heterocycles. The Kier molecular flexibility index (Phi) is 1.73. The standard InChI is InChI=1S/C8H9N3OS/c1-12-5-2-4(9)7-8(6(5)10)13-3-11-7/h2-3H,9-10H2,1H3. The van der Waals surface area contributed by atoms with E-state index in [0.717, 1.165) is 10.2 Å². The molecule has 0 aliphatic carbocycles. The van der Waals surface area contributed by atoms with Gasteiger partial charge in [-0.05, 0) is 0 Å². The van der Waals surface area contributed by atoms with E-state index >= 15 is 0 Å². The molecular formula is C8H9N3OS. The van der Waals surface area contributed by atoms with Gasteiger partial charge >= 0.3 is 0 Å². The fraction of sp³-hybridized carbons (Fsp3) is 0.125.